The van der Waals surface area contributed by atoms with Crippen molar-refractivity contribution in [3.8, 4) is 0 Å². The van der Waals surface area contributed by atoms with E-state index in [1.807, 2.05) is 20.8 Å². The van der Waals surface area contributed by atoms with E-state index in [0.717, 1.165) is 6.42 Å². The number of alkyl halides is 6. The van der Waals surface area contributed by atoms with Gasteiger partial charge in [0, 0.05) is 6.42 Å². The summed E-state index contributed by atoms with van der Waals surface area (Å²) in [4.78, 5) is 13.4. The van der Waals surface area contributed by atoms with Gasteiger partial charge in [0.2, 0.25) is 0 Å². The molecule has 3 nitrogen and oxygen atoms in total. The van der Waals surface area contributed by atoms with E-state index >= 15 is 0 Å². The van der Waals surface area contributed by atoms with E-state index in [-0.39, 0.29) is 5.41 Å². The van der Waals surface area contributed by atoms with Crippen LogP contribution < -0.4 is 0 Å². The molecule has 1 aliphatic rings. The first-order valence-corrected chi connectivity index (χ1v) is 11.1. The van der Waals surface area contributed by atoms with Crippen molar-refractivity contribution >= 4 is 5.97 Å². The SMILES string of the molecule is CC(C)(C)CC(C)(C(=O)OC(CC(O)(C(F)(F)F)C(F)(F)F)C1CCCCC1)C(C)(C)C. The maximum Gasteiger partial charge on any atom is 0.426 e. The first kappa shape index (κ1) is 29.0. The molecule has 1 fully saturated rings. The molecule has 0 aromatic rings. The molecule has 0 saturated heterocycles. The van der Waals surface area contributed by atoms with E-state index in [1.165, 1.54) is 0 Å². The Hall–Kier alpha value is -0.990. The van der Waals surface area contributed by atoms with Crippen molar-refractivity contribution in [3.05, 3.63) is 0 Å². The average molecular weight is 477 g/mol. The summed E-state index contributed by atoms with van der Waals surface area (Å²) in [5.74, 6) is -1.51. The summed E-state index contributed by atoms with van der Waals surface area (Å²) in [7, 11) is 0. The van der Waals surface area contributed by atoms with Crippen LogP contribution in [-0.4, -0.2) is 35.1 Å². The summed E-state index contributed by atoms with van der Waals surface area (Å²) in [5, 5.41) is 9.81. The Kier molecular flexibility index (Phi) is 8.47. The van der Waals surface area contributed by atoms with Crippen LogP contribution in [-0.2, 0) is 9.53 Å². The van der Waals surface area contributed by atoms with E-state index in [9.17, 15) is 36.2 Å². The zero-order valence-corrected chi connectivity index (χ0v) is 20.1. The molecule has 1 saturated carbocycles. The smallest absolute Gasteiger partial charge is 0.426 e. The van der Waals surface area contributed by atoms with E-state index in [2.05, 4.69) is 0 Å². The van der Waals surface area contributed by atoms with Crippen molar-refractivity contribution in [2.75, 3.05) is 0 Å². The van der Waals surface area contributed by atoms with Crippen molar-refractivity contribution in [1.29, 1.82) is 0 Å². The van der Waals surface area contributed by atoms with E-state index in [1.54, 1.807) is 27.7 Å². The molecule has 9 heteroatoms. The number of esters is 1. The highest BCUT2D eigenvalue weighted by molar-refractivity contribution is 5.77. The monoisotopic (exact) mass is 476 g/mol. The van der Waals surface area contributed by atoms with E-state index in [0.29, 0.717) is 32.1 Å². The highest BCUT2D eigenvalue weighted by Gasteiger charge is 2.71. The van der Waals surface area contributed by atoms with Gasteiger partial charge in [-0.2, -0.15) is 26.3 Å². The fourth-order valence-electron chi connectivity index (χ4n) is 4.47. The minimum atomic E-state index is -5.96. The van der Waals surface area contributed by atoms with Crippen LogP contribution in [0.1, 0.15) is 93.4 Å². The molecule has 1 rings (SSSR count). The van der Waals surface area contributed by atoms with Gasteiger partial charge >= 0.3 is 18.3 Å². The number of hydrogen-bond acceptors (Lipinski definition) is 3. The minimum Gasteiger partial charge on any atom is -0.462 e. The number of carbonyl (C=O) groups is 1. The largest absolute Gasteiger partial charge is 0.462 e. The summed E-state index contributed by atoms with van der Waals surface area (Å²) in [5.41, 5.74) is -7.13. The van der Waals surface area contributed by atoms with Gasteiger partial charge in [-0.1, -0.05) is 60.8 Å². The van der Waals surface area contributed by atoms with Gasteiger partial charge in [0.15, 0.2) is 0 Å². The van der Waals surface area contributed by atoms with Crippen LogP contribution >= 0.6 is 0 Å². The molecule has 0 amide bonds. The van der Waals surface area contributed by atoms with Crippen LogP contribution in [0.15, 0.2) is 0 Å². The van der Waals surface area contributed by atoms with Gasteiger partial charge in [0.1, 0.15) is 6.10 Å². The van der Waals surface area contributed by atoms with Crippen LogP contribution in [0, 0.1) is 22.2 Å². The molecular formula is C23H38F6O3. The topological polar surface area (TPSA) is 46.5 Å². The first-order valence-electron chi connectivity index (χ1n) is 11.1. The summed E-state index contributed by atoms with van der Waals surface area (Å²) in [6.07, 6.45) is -12.3. The number of hydrogen-bond donors (Lipinski definition) is 1. The second kappa shape index (κ2) is 9.34. The van der Waals surface area contributed by atoms with Crippen molar-refractivity contribution in [1.82, 2.24) is 0 Å². The molecule has 1 N–H and O–H groups in total. The average Bonchev–Trinajstić information content (AvgIpc) is 2.57. The second-order valence-corrected chi connectivity index (χ2v) is 11.7. The Labute approximate surface area is 187 Å². The lowest BCUT2D eigenvalue weighted by atomic mass is 9.61. The molecule has 190 valence electrons. The molecule has 0 aromatic carbocycles. The number of ether oxygens (including phenoxy) is 1. The first-order chi connectivity index (χ1) is 14.1. The number of rotatable bonds is 6. The zero-order chi connectivity index (χ0) is 25.4. The van der Waals surface area contributed by atoms with Gasteiger partial charge in [-0.05, 0) is 42.9 Å². The minimum absolute atomic E-state index is 0.322. The van der Waals surface area contributed by atoms with E-state index < -0.39 is 53.2 Å². The molecule has 0 aliphatic heterocycles. The maximum atomic E-state index is 13.4. The molecule has 2 atom stereocenters. The van der Waals surface area contributed by atoms with Crippen LogP contribution in [0.25, 0.3) is 0 Å². The quantitative estimate of drug-likeness (QED) is 0.325. The zero-order valence-electron chi connectivity index (χ0n) is 20.1. The van der Waals surface area contributed by atoms with Gasteiger partial charge < -0.3 is 9.84 Å². The summed E-state index contributed by atoms with van der Waals surface area (Å²) >= 11 is 0. The number of aliphatic hydroxyl groups is 1. The van der Waals surface area contributed by atoms with Crippen LogP contribution in [0.2, 0.25) is 0 Å². The van der Waals surface area contributed by atoms with Gasteiger partial charge in [-0.3, -0.25) is 4.79 Å². The predicted molar refractivity (Wildman–Crippen MR) is 110 cm³/mol. The Morgan fingerprint density at radius 2 is 1.31 bits per heavy atom. The molecule has 0 radical (unpaired) electrons. The van der Waals surface area contributed by atoms with Crippen LogP contribution in [0.4, 0.5) is 26.3 Å². The summed E-state index contributed by atoms with van der Waals surface area (Å²) in [6.45, 7) is 12.7. The van der Waals surface area contributed by atoms with Crippen molar-refractivity contribution in [2.45, 2.75) is 117 Å². The molecule has 1 aliphatic carbocycles. The highest BCUT2D eigenvalue weighted by Crippen LogP contribution is 2.50. The molecule has 0 aromatic heterocycles. The van der Waals surface area contributed by atoms with Gasteiger partial charge in [0.05, 0.1) is 5.41 Å². The molecular weight excluding hydrogens is 438 g/mol. The molecule has 32 heavy (non-hydrogen) atoms. The molecule has 2 unspecified atom stereocenters. The third-order valence-electron chi connectivity index (χ3n) is 6.86. The number of carbonyl (C=O) groups excluding carboxylic acids is 1. The maximum absolute atomic E-state index is 13.4. The Balaban J connectivity index is 3.39. The Bertz CT molecular complexity index is 622. The lowest BCUT2D eigenvalue weighted by Gasteiger charge is -2.45. The van der Waals surface area contributed by atoms with Crippen molar-refractivity contribution in [3.63, 3.8) is 0 Å². The van der Waals surface area contributed by atoms with Gasteiger partial charge in [-0.25, -0.2) is 0 Å². The molecule has 0 bridgehead atoms. The molecule has 0 spiro atoms. The third kappa shape index (κ3) is 6.54. The normalized spacial score (nSPS) is 20.6. The van der Waals surface area contributed by atoms with Crippen LogP contribution in [0.5, 0.6) is 0 Å². The van der Waals surface area contributed by atoms with Gasteiger partial charge in [-0.15, -0.1) is 0 Å². The van der Waals surface area contributed by atoms with Crippen LogP contribution in [0.3, 0.4) is 0 Å². The highest BCUT2D eigenvalue weighted by atomic mass is 19.4. The van der Waals surface area contributed by atoms with Gasteiger partial charge in [0.25, 0.3) is 5.60 Å². The summed E-state index contributed by atoms with van der Waals surface area (Å²) < 4.78 is 85.9. The second-order valence-electron chi connectivity index (χ2n) is 11.7. The number of halogens is 6. The Morgan fingerprint density at radius 3 is 1.66 bits per heavy atom. The fourth-order valence-corrected chi connectivity index (χ4v) is 4.47. The lowest BCUT2D eigenvalue weighted by molar-refractivity contribution is -0.375. The summed E-state index contributed by atoms with van der Waals surface area (Å²) in [6, 6.07) is 0. The third-order valence-corrected chi connectivity index (χ3v) is 6.86. The van der Waals surface area contributed by atoms with E-state index in [4.69, 9.17) is 4.74 Å². The fraction of sp³-hybridized carbons (Fsp3) is 0.957. The Morgan fingerprint density at radius 1 is 0.875 bits per heavy atom. The lowest BCUT2D eigenvalue weighted by Crippen LogP contribution is -2.59. The predicted octanol–water partition coefficient (Wildman–Crippen LogP) is 7.21. The molecule has 0 heterocycles. The van der Waals surface area contributed by atoms with Crippen molar-refractivity contribution < 1.29 is 41.0 Å². The standard InChI is InChI=1S/C23H38F6O3/c1-18(2,3)14-20(7,19(4,5)6)17(30)32-16(15-11-9-8-10-12-15)13-21(31,22(24,25)26)23(27,28)29/h15-16,31H,8-14H2,1-7H3. The van der Waals surface area contributed by atoms with Crippen molar-refractivity contribution in [2.24, 2.45) is 22.2 Å².